The standard InChI is InChI=1S/C19H20FNO3/c20-15-3-1-13(2-4-15)17-7-8-21-10-14(17)11-22-16-5-6-18-19(9-16)24-12-23-18/h1-6,9,14,17,21H,7-8,10-12H2/t14?,17-/m0/s1/i1D,2D,3D,4D,8D2,12D2,14D. The monoisotopic (exact) mass is 338 g/mol. The molecule has 2 aliphatic rings. The van der Waals surface area contributed by atoms with Crippen LogP contribution in [0.5, 0.6) is 17.2 Å². The predicted molar refractivity (Wildman–Crippen MR) is 88.2 cm³/mol. The van der Waals surface area contributed by atoms with Gasteiger partial charge in [-0.25, -0.2) is 4.39 Å². The number of benzene rings is 2. The molecule has 0 radical (unpaired) electrons. The summed E-state index contributed by atoms with van der Waals surface area (Å²) in [5, 5.41) is 2.60. The summed E-state index contributed by atoms with van der Waals surface area (Å²) in [7, 11) is 0. The van der Waals surface area contributed by atoms with E-state index in [1.807, 2.05) is 0 Å². The van der Waals surface area contributed by atoms with Crippen molar-refractivity contribution in [3.05, 3.63) is 53.7 Å². The summed E-state index contributed by atoms with van der Waals surface area (Å²) in [6.45, 7) is -4.86. The van der Waals surface area contributed by atoms with Crippen LogP contribution >= 0.6 is 0 Å². The van der Waals surface area contributed by atoms with Gasteiger partial charge in [-0.1, -0.05) is 12.1 Å². The number of hydrogen-bond acceptors (Lipinski definition) is 4. The van der Waals surface area contributed by atoms with Gasteiger partial charge in [0.05, 0.1) is 12.1 Å². The first-order valence-corrected chi connectivity index (χ1v) is 7.39. The number of halogens is 1. The highest BCUT2D eigenvalue weighted by atomic mass is 19.1. The average Bonchev–Trinajstić information content (AvgIpc) is 3.05. The highest BCUT2D eigenvalue weighted by Crippen LogP contribution is 2.36. The number of hydrogen-bond donors (Lipinski definition) is 1. The zero-order valence-corrected chi connectivity index (χ0v) is 12.5. The summed E-state index contributed by atoms with van der Waals surface area (Å²) in [5.41, 5.74) is -0.241. The van der Waals surface area contributed by atoms with Gasteiger partial charge in [-0.3, -0.25) is 0 Å². The molecule has 1 unspecified atom stereocenters. The predicted octanol–water partition coefficient (Wildman–Crippen LogP) is 3.33. The summed E-state index contributed by atoms with van der Waals surface area (Å²) in [5.74, 6) is -3.60. The number of rotatable bonds is 4. The molecule has 0 aromatic heterocycles. The topological polar surface area (TPSA) is 39.7 Å². The molecule has 2 aromatic carbocycles. The molecule has 0 spiro atoms. The van der Waals surface area contributed by atoms with Crippen LogP contribution < -0.4 is 19.5 Å². The van der Waals surface area contributed by atoms with Gasteiger partial charge in [-0.2, -0.15) is 0 Å². The molecule has 0 amide bonds. The number of piperidine rings is 1. The molecule has 2 aromatic rings. The largest absolute Gasteiger partial charge is 0.493 e. The second-order valence-electron chi connectivity index (χ2n) is 5.36. The average molecular weight is 338 g/mol. The molecule has 1 fully saturated rings. The smallest absolute Gasteiger partial charge is 0.231 e. The van der Waals surface area contributed by atoms with E-state index < -0.39 is 55.0 Å². The van der Waals surface area contributed by atoms with Crippen molar-refractivity contribution in [2.45, 2.75) is 12.3 Å². The summed E-state index contributed by atoms with van der Waals surface area (Å²) in [4.78, 5) is 0. The van der Waals surface area contributed by atoms with Crippen LogP contribution in [0, 0.1) is 11.7 Å². The van der Waals surface area contributed by atoms with Crippen LogP contribution in [-0.2, 0) is 0 Å². The maximum absolute atomic E-state index is 14.1. The molecular formula is C19H20FNO3. The van der Waals surface area contributed by atoms with Gasteiger partial charge in [0.2, 0.25) is 6.75 Å². The maximum Gasteiger partial charge on any atom is 0.231 e. The van der Waals surface area contributed by atoms with Crippen LogP contribution in [0.2, 0.25) is 0 Å². The minimum Gasteiger partial charge on any atom is -0.493 e. The Morgan fingerprint density at radius 1 is 1.29 bits per heavy atom. The molecule has 1 saturated heterocycles. The quantitative estimate of drug-likeness (QED) is 0.928. The Morgan fingerprint density at radius 3 is 3.00 bits per heavy atom. The number of ether oxygens (including phenoxy) is 3. The molecule has 24 heavy (non-hydrogen) atoms. The lowest BCUT2D eigenvalue weighted by molar-refractivity contribution is 0.173. The third-order valence-corrected chi connectivity index (χ3v) is 3.84. The Hall–Kier alpha value is -2.27. The molecule has 4 rings (SSSR count). The molecule has 2 heterocycles. The first kappa shape index (κ1) is 8.21. The van der Waals surface area contributed by atoms with Gasteiger partial charge in [0.25, 0.3) is 0 Å². The van der Waals surface area contributed by atoms with E-state index in [1.165, 1.54) is 18.2 Å². The van der Waals surface area contributed by atoms with E-state index in [9.17, 15) is 4.39 Å². The van der Waals surface area contributed by atoms with E-state index in [0.717, 1.165) is 0 Å². The van der Waals surface area contributed by atoms with E-state index in [1.54, 1.807) is 0 Å². The molecule has 2 aliphatic heterocycles. The Balaban J connectivity index is 1.66. The highest BCUT2D eigenvalue weighted by molar-refractivity contribution is 5.46. The minimum atomic E-state index is -2.32. The molecule has 2 atom stereocenters. The first-order valence-electron chi connectivity index (χ1n) is 11.9. The molecule has 4 nitrogen and oxygen atoms in total. The zero-order valence-electron chi connectivity index (χ0n) is 21.5. The van der Waals surface area contributed by atoms with Crippen molar-refractivity contribution >= 4 is 0 Å². The fourth-order valence-electron chi connectivity index (χ4n) is 2.59. The third kappa shape index (κ3) is 3.17. The second-order valence-corrected chi connectivity index (χ2v) is 5.36. The van der Waals surface area contributed by atoms with Crippen molar-refractivity contribution in [3.8, 4) is 17.2 Å². The summed E-state index contributed by atoms with van der Waals surface area (Å²) in [6, 6.07) is 1.23. The Bertz CT molecular complexity index is 1090. The van der Waals surface area contributed by atoms with Gasteiger partial charge in [0.15, 0.2) is 11.5 Å². The van der Waals surface area contributed by atoms with Gasteiger partial charge in [0.1, 0.15) is 14.3 Å². The normalized spacial score (nSPS) is 35.0. The molecule has 0 bridgehead atoms. The molecular weight excluding hydrogens is 309 g/mol. The fraction of sp³-hybridized carbons (Fsp3) is 0.368. The van der Waals surface area contributed by atoms with Crippen LogP contribution in [0.4, 0.5) is 4.39 Å². The van der Waals surface area contributed by atoms with Gasteiger partial charge < -0.3 is 19.5 Å². The van der Waals surface area contributed by atoms with E-state index in [2.05, 4.69) is 5.32 Å². The van der Waals surface area contributed by atoms with Crippen LogP contribution in [-0.4, -0.2) is 26.4 Å². The van der Waals surface area contributed by atoms with Crippen molar-refractivity contribution < 1.29 is 30.9 Å². The van der Waals surface area contributed by atoms with E-state index >= 15 is 0 Å². The van der Waals surface area contributed by atoms with Gasteiger partial charge >= 0.3 is 0 Å². The third-order valence-electron chi connectivity index (χ3n) is 3.84. The van der Waals surface area contributed by atoms with Crippen LogP contribution in [0.25, 0.3) is 0 Å². The lowest BCUT2D eigenvalue weighted by Crippen LogP contribution is -2.38. The molecule has 126 valence electrons. The van der Waals surface area contributed by atoms with Crippen molar-refractivity contribution in [1.29, 1.82) is 0 Å². The second kappa shape index (κ2) is 6.69. The van der Waals surface area contributed by atoms with Crippen LogP contribution in [0.1, 0.15) is 30.2 Å². The van der Waals surface area contributed by atoms with E-state index in [-0.39, 0.29) is 42.4 Å². The molecule has 0 saturated carbocycles. The first-order chi connectivity index (χ1) is 15.2. The zero-order chi connectivity index (χ0) is 24.3. The molecule has 0 aliphatic carbocycles. The molecule has 5 heteroatoms. The van der Waals surface area contributed by atoms with Crippen molar-refractivity contribution in [2.24, 2.45) is 5.89 Å². The molecule has 1 N–H and O–H groups in total. The lowest BCUT2D eigenvalue weighted by atomic mass is 9.81. The summed E-state index contributed by atoms with van der Waals surface area (Å²) >= 11 is 0. The van der Waals surface area contributed by atoms with E-state index in [0.29, 0.717) is 0 Å². The number of fused-ring (bicyclic) bond motifs is 1. The van der Waals surface area contributed by atoms with Gasteiger partial charge in [-0.05, 0) is 48.6 Å². The van der Waals surface area contributed by atoms with Crippen LogP contribution in [0.15, 0.2) is 42.4 Å². The summed E-state index contributed by atoms with van der Waals surface area (Å²) in [6.07, 6.45) is -0.358. The van der Waals surface area contributed by atoms with Crippen LogP contribution in [0.3, 0.4) is 0 Å². The number of nitrogens with one attached hydrogen (secondary N) is 1. The maximum atomic E-state index is 14.1. The lowest BCUT2D eigenvalue weighted by Gasteiger charge is -2.32. The summed E-state index contributed by atoms with van der Waals surface area (Å²) < 4.78 is 102. The van der Waals surface area contributed by atoms with Crippen molar-refractivity contribution in [3.63, 3.8) is 0 Å². The van der Waals surface area contributed by atoms with Gasteiger partial charge in [0, 0.05) is 22.6 Å². The Kier molecular flexibility index (Phi) is 2.29. The van der Waals surface area contributed by atoms with Crippen molar-refractivity contribution in [2.75, 3.05) is 26.4 Å². The Labute approximate surface area is 153 Å². The van der Waals surface area contributed by atoms with E-state index in [4.69, 9.17) is 26.5 Å². The fourth-order valence-corrected chi connectivity index (χ4v) is 2.59. The minimum absolute atomic E-state index is 0.101. The SMILES string of the molecule is [2H]c1c([2H])c([C@@H]2CC([2H])([2H])NCC2([2H])COc2ccc3c(c2)OC([2H])([2H])O3)c([2H])c([2H])c1F. The van der Waals surface area contributed by atoms with Gasteiger partial charge in [-0.15, -0.1) is 0 Å². The Morgan fingerprint density at radius 2 is 2.12 bits per heavy atom. The highest BCUT2D eigenvalue weighted by Gasteiger charge is 2.27. The van der Waals surface area contributed by atoms with Crippen molar-refractivity contribution in [1.82, 2.24) is 5.32 Å².